The van der Waals surface area contributed by atoms with Gasteiger partial charge in [0, 0.05) is 12.2 Å². The zero-order valence-corrected chi connectivity index (χ0v) is 12.3. The van der Waals surface area contributed by atoms with E-state index in [0.717, 1.165) is 30.7 Å². The molecule has 106 valence electrons. The van der Waals surface area contributed by atoms with Gasteiger partial charge in [0.05, 0.1) is 11.9 Å². The molecular weight excluding hydrogens is 246 g/mol. The average Bonchev–Trinajstić information content (AvgIpc) is 3.25. The molecule has 1 N–H and O–H groups in total. The monoisotopic (exact) mass is 269 g/mol. The molecule has 0 radical (unpaired) electrons. The number of hydrogen-bond acceptors (Lipinski definition) is 2. The Morgan fingerprint density at radius 2 is 2.05 bits per heavy atom. The van der Waals surface area contributed by atoms with Crippen LogP contribution < -0.4 is 5.32 Å². The second kappa shape index (κ2) is 5.80. The molecule has 0 aliphatic heterocycles. The number of hydrogen-bond donors (Lipinski definition) is 1. The van der Waals surface area contributed by atoms with Crippen LogP contribution >= 0.6 is 0 Å². The van der Waals surface area contributed by atoms with Crippen LogP contribution in [-0.4, -0.2) is 16.1 Å². The number of rotatable bonds is 6. The summed E-state index contributed by atoms with van der Waals surface area (Å²) in [5.74, 6) is 2.80. The Kier molecular flexibility index (Phi) is 3.88. The standard InChI is InChI=1S/C17H23N3/c1-13(15-8-9-15)10-18-11-17-12-19-14(2)20(17)16-6-4-3-5-7-16/h3-7,12-13,15,18H,8-11H2,1-2H3. The quantitative estimate of drug-likeness (QED) is 0.872. The van der Waals surface area contributed by atoms with Crippen molar-refractivity contribution in [3.05, 3.63) is 48.0 Å². The van der Waals surface area contributed by atoms with Gasteiger partial charge in [0.2, 0.25) is 0 Å². The lowest BCUT2D eigenvalue weighted by molar-refractivity contribution is 0.459. The van der Waals surface area contributed by atoms with Gasteiger partial charge in [0.15, 0.2) is 0 Å². The summed E-state index contributed by atoms with van der Waals surface area (Å²) in [6.45, 7) is 6.39. The first kappa shape index (κ1) is 13.4. The van der Waals surface area contributed by atoms with Gasteiger partial charge >= 0.3 is 0 Å². The first-order valence-corrected chi connectivity index (χ1v) is 7.55. The summed E-state index contributed by atoms with van der Waals surface area (Å²) >= 11 is 0. The third-order valence-electron chi connectivity index (χ3n) is 4.22. The van der Waals surface area contributed by atoms with Crippen LogP contribution in [0.25, 0.3) is 5.69 Å². The number of aryl methyl sites for hydroxylation is 1. The van der Waals surface area contributed by atoms with Gasteiger partial charge in [-0.25, -0.2) is 4.98 Å². The van der Waals surface area contributed by atoms with Crippen LogP contribution in [0, 0.1) is 18.8 Å². The van der Waals surface area contributed by atoms with Crippen molar-refractivity contribution in [2.24, 2.45) is 11.8 Å². The van der Waals surface area contributed by atoms with Crippen LogP contribution in [0.4, 0.5) is 0 Å². The van der Waals surface area contributed by atoms with Crippen LogP contribution in [0.5, 0.6) is 0 Å². The molecule has 1 aromatic carbocycles. The highest BCUT2D eigenvalue weighted by molar-refractivity contribution is 5.35. The van der Waals surface area contributed by atoms with E-state index in [1.807, 2.05) is 12.3 Å². The largest absolute Gasteiger partial charge is 0.311 e. The number of imidazole rings is 1. The van der Waals surface area contributed by atoms with Crippen molar-refractivity contribution in [2.45, 2.75) is 33.2 Å². The Hall–Kier alpha value is -1.61. The summed E-state index contributed by atoms with van der Waals surface area (Å²) in [7, 11) is 0. The molecule has 0 amide bonds. The van der Waals surface area contributed by atoms with Crippen LogP contribution in [0.2, 0.25) is 0 Å². The van der Waals surface area contributed by atoms with E-state index >= 15 is 0 Å². The molecule has 1 heterocycles. The molecule has 3 heteroatoms. The summed E-state index contributed by atoms with van der Waals surface area (Å²) in [6.07, 6.45) is 4.82. The highest BCUT2D eigenvalue weighted by Crippen LogP contribution is 2.36. The molecule has 1 atom stereocenters. The molecule has 0 spiro atoms. The Balaban J connectivity index is 1.67. The second-order valence-electron chi connectivity index (χ2n) is 5.91. The van der Waals surface area contributed by atoms with Gasteiger partial charge in [-0.05, 0) is 50.3 Å². The minimum Gasteiger partial charge on any atom is -0.311 e. The molecule has 0 bridgehead atoms. The predicted octanol–water partition coefficient (Wildman–Crippen LogP) is 3.32. The molecule has 1 aliphatic carbocycles. The topological polar surface area (TPSA) is 29.9 Å². The van der Waals surface area contributed by atoms with E-state index in [-0.39, 0.29) is 0 Å². The lowest BCUT2D eigenvalue weighted by atomic mass is 10.1. The normalized spacial score (nSPS) is 16.3. The number of benzene rings is 1. The number of nitrogens with one attached hydrogen (secondary N) is 1. The molecule has 1 aromatic heterocycles. The van der Waals surface area contributed by atoms with Crippen LogP contribution in [0.1, 0.15) is 31.3 Å². The fourth-order valence-electron chi connectivity index (χ4n) is 2.81. The summed E-state index contributed by atoms with van der Waals surface area (Å²) in [5.41, 5.74) is 2.42. The van der Waals surface area contributed by atoms with Gasteiger partial charge in [0.1, 0.15) is 5.82 Å². The summed E-state index contributed by atoms with van der Waals surface area (Å²) in [4.78, 5) is 4.46. The minimum absolute atomic E-state index is 0.796. The van der Waals surface area contributed by atoms with Gasteiger partial charge < -0.3 is 5.32 Å². The van der Waals surface area contributed by atoms with Crippen LogP contribution in [0.15, 0.2) is 36.5 Å². The summed E-state index contributed by atoms with van der Waals surface area (Å²) in [6, 6.07) is 10.4. The van der Waals surface area contributed by atoms with Crippen molar-refractivity contribution in [1.29, 1.82) is 0 Å². The van der Waals surface area contributed by atoms with E-state index in [4.69, 9.17) is 0 Å². The lowest BCUT2D eigenvalue weighted by Gasteiger charge is -2.13. The summed E-state index contributed by atoms with van der Waals surface area (Å²) < 4.78 is 2.23. The highest BCUT2D eigenvalue weighted by Gasteiger charge is 2.27. The molecule has 3 nitrogen and oxygen atoms in total. The van der Waals surface area contributed by atoms with Crippen LogP contribution in [0.3, 0.4) is 0 Å². The van der Waals surface area contributed by atoms with E-state index in [1.165, 1.54) is 24.2 Å². The highest BCUT2D eigenvalue weighted by atomic mass is 15.1. The summed E-state index contributed by atoms with van der Waals surface area (Å²) in [5, 5.41) is 3.59. The Labute approximate surface area is 121 Å². The number of nitrogens with zero attached hydrogens (tertiary/aromatic N) is 2. The van der Waals surface area contributed by atoms with Crippen molar-refractivity contribution in [2.75, 3.05) is 6.54 Å². The first-order chi connectivity index (χ1) is 9.75. The molecule has 0 saturated heterocycles. The van der Waals surface area contributed by atoms with Gasteiger partial charge in [0.25, 0.3) is 0 Å². The van der Waals surface area contributed by atoms with E-state index in [9.17, 15) is 0 Å². The van der Waals surface area contributed by atoms with E-state index < -0.39 is 0 Å². The maximum atomic E-state index is 4.46. The van der Waals surface area contributed by atoms with E-state index in [2.05, 4.69) is 53.0 Å². The van der Waals surface area contributed by atoms with Gasteiger partial charge in [-0.2, -0.15) is 0 Å². The molecule has 20 heavy (non-hydrogen) atoms. The number of para-hydroxylation sites is 1. The third kappa shape index (κ3) is 2.93. The Bertz CT molecular complexity index is 555. The zero-order chi connectivity index (χ0) is 13.9. The Morgan fingerprint density at radius 3 is 2.75 bits per heavy atom. The molecule has 3 rings (SSSR count). The SMILES string of the molecule is Cc1ncc(CNCC(C)C2CC2)n1-c1ccccc1. The molecule has 1 saturated carbocycles. The van der Waals surface area contributed by atoms with Crippen molar-refractivity contribution < 1.29 is 0 Å². The molecule has 2 aromatic rings. The van der Waals surface area contributed by atoms with Gasteiger partial charge in [-0.1, -0.05) is 25.1 Å². The van der Waals surface area contributed by atoms with Crippen LogP contribution in [-0.2, 0) is 6.54 Å². The van der Waals surface area contributed by atoms with Crippen molar-refractivity contribution in [3.8, 4) is 5.69 Å². The lowest BCUT2D eigenvalue weighted by Crippen LogP contribution is -2.23. The molecule has 1 unspecified atom stereocenters. The van der Waals surface area contributed by atoms with Crippen molar-refractivity contribution in [1.82, 2.24) is 14.9 Å². The molecular formula is C17H23N3. The predicted molar refractivity (Wildman–Crippen MR) is 81.9 cm³/mol. The van der Waals surface area contributed by atoms with Crippen molar-refractivity contribution >= 4 is 0 Å². The maximum absolute atomic E-state index is 4.46. The average molecular weight is 269 g/mol. The second-order valence-corrected chi connectivity index (χ2v) is 5.91. The third-order valence-corrected chi connectivity index (χ3v) is 4.22. The molecule has 1 aliphatic rings. The minimum atomic E-state index is 0.796. The fraction of sp³-hybridized carbons (Fsp3) is 0.471. The van der Waals surface area contributed by atoms with E-state index in [1.54, 1.807) is 0 Å². The van der Waals surface area contributed by atoms with Gasteiger partial charge in [-0.15, -0.1) is 0 Å². The first-order valence-electron chi connectivity index (χ1n) is 7.55. The van der Waals surface area contributed by atoms with Gasteiger partial charge in [-0.3, -0.25) is 4.57 Å². The Morgan fingerprint density at radius 1 is 1.30 bits per heavy atom. The fourth-order valence-corrected chi connectivity index (χ4v) is 2.81. The smallest absolute Gasteiger partial charge is 0.110 e. The number of aromatic nitrogens is 2. The van der Waals surface area contributed by atoms with Crippen molar-refractivity contribution in [3.63, 3.8) is 0 Å². The van der Waals surface area contributed by atoms with E-state index in [0.29, 0.717) is 0 Å². The zero-order valence-electron chi connectivity index (χ0n) is 12.3. The maximum Gasteiger partial charge on any atom is 0.110 e. The molecule has 1 fully saturated rings.